The van der Waals surface area contributed by atoms with Gasteiger partial charge < -0.3 is 20.5 Å². The Morgan fingerprint density at radius 2 is 1.65 bits per heavy atom. The van der Waals surface area contributed by atoms with Crippen LogP contribution in [0.2, 0.25) is 0 Å². The van der Waals surface area contributed by atoms with Crippen LogP contribution in [0.4, 0.5) is 5.69 Å². The van der Waals surface area contributed by atoms with E-state index in [-0.39, 0.29) is 18.3 Å². The fourth-order valence-electron chi connectivity index (χ4n) is 2.41. The lowest BCUT2D eigenvalue weighted by Crippen LogP contribution is -2.11. The van der Waals surface area contributed by atoms with Crippen molar-refractivity contribution in [3.63, 3.8) is 0 Å². The molecular formula is C20H27ClN2O3. The van der Waals surface area contributed by atoms with Crippen LogP contribution in [0.25, 0.3) is 0 Å². The van der Waals surface area contributed by atoms with Gasteiger partial charge in [0, 0.05) is 18.2 Å². The smallest absolute Gasteiger partial charge is 0.224 e. The van der Waals surface area contributed by atoms with E-state index in [1.54, 1.807) is 7.11 Å². The van der Waals surface area contributed by atoms with Crippen molar-refractivity contribution in [2.45, 2.75) is 32.1 Å². The van der Waals surface area contributed by atoms with Crippen LogP contribution in [0, 0.1) is 0 Å². The Morgan fingerprint density at radius 3 is 2.35 bits per heavy atom. The number of hydrogen-bond acceptors (Lipinski definition) is 4. The highest BCUT2D eigenvalue weighted by Crippen LogP contribution is 2.26. The van der Waals surface area contributed by atoms with Crippen LogP contribution in [0.5, 0.6) is 17.2 Å². The SMILES string of the molecule is COc1cccc(Oc2ccc(NC(=O)CCCCCCN)cc2)c1.Cl. The Hall–Kier alpha value is -2.24. The normalized spacial score (nSPS) is 9.92. The molecule has 0 fully saturated rings. The van der Waals surface area contributed by atoms with E-state index in [1.807, 2.05) is 48.5 Å². The zero-order valence-electron chi connectivity index (χ0n) is 15.1. The number of ether oxygens (including phenoxy) is 2. The number of unbranched alkanes of at least 4 members (excludes halogenated alkanes) is 3. The monoisotopic (exact) mass is 378 g/mol. The lowest BCUT2D eigenvalue weighted by molar-refractivity contribution is -0.116. The summed E-state index contributed by atoms with van der Waals surface area (Å²) in [5.74, 6) is 2.18. The van der Waals surface area contributed by atoms with Crippen molar-refractivity contribution in [1.29, 1.82) is 0 Å². The number of benzene rings is 2. The molecule has 26 heavy (non-hydrogen) atoms. The minimum Gasteiger partial charge on any atom is -0.497 e. The van der Waals surface area contributed by atoms with Gasteiger partial charge in [0.2, 0.25) is 5.91 Å². The number of nitrogens with one attached hydrogen (secondary N) is 1. The number of rotatable bonds is 10. The summed E-state index contributed by atoms with van der Waals surface area (Å²) in [4.78, 5) is 11.9. The molecule has 0 unspecified atom stereocenters. The molecule has 0 aromatic heterocycles. The molecule has 0 aliphatic rings. The van der Waals surface area contributed by atoms with Gasteiger partial charge in [-0.15, -0.1) is 12.4 Å². The quantitative estimate of drug-likeness (QED) is 0.585. The molecule has 0 spiro atoms. The van der Waals surface area contributed by atoms with Crippen molar-refractivity contribution in [1.82, 2.24) is 0 Å². The van der Waals surface area contributed by atoms with E-state index in [0.717, 1.165) is 43.7 Å². The molecule has 1 amide bonds. The van der Waals surface area contributed by atoms with Crippen LogP contribution in [-0.2, 0) is 4.79 Å². The van der Waals surface area contributed by atoms with Crippen molar-refractivity contribution in [2.24, 2.45) is 5.73 Å². The summed E-state index contributed by atoms with van der Waals surface area (Å²) in [6.07, 6.45) is 4.57. The first-order chi connectivity index (χ1) is 12.2. The lowest BCUT2D eigenvalue weighted by Gasteiger charge is -2.09. The third kappa shape index (κ3) is 7.76. The maximum Gasteiger partial charge on any atom is 0.224 e. The Morgan fingerprint density at radius 1 is 0.962 bits per heavy atom. The summed E-state index contributed by atoms with van der Waals surface area (Å²) in [6, 6.07) is 14.7. The number of hydrogen-bond donors (Lipinski definition) is 2. The van der Waals surface area contributed by atoms with Crippen LogP contribution >= 0.6 is 12.4 Å². The first-order valence-corrected chi connectivity index (χ1v) is 8.63. The fourth-order valence-corrected chi connectivity index (χ4v) is 2.41. The zero-order valence-corrected chi connectivity index (χ0v) is 15.9. The number of carbonyl (C=O) groups is 1. The van der Waals surface area contributed by atoms with Gasteiger partial charge in [-0.3, -0.25) is 4.79 Å². The van der Waals surface area contributed by atoms with Crippen LogP contribution in [0.1, 0.15) is 32.1 Å². The van der Waals surface area contributed by atoms with Gasteiger partial charge in [-0.1, -0.05) is 18.9 Å². The highest BCUT2D eigenvalue weighted by atomic mass is 35.5. The summed E-state index contributed by atoms with van der Waals surface area (Å²) in [5.41, 5.74) is 6.22. The molecular weight excluding hydrogens is 352 g/mol. The van der Waals surface area contributed by atoms with Crippen LogP contribution < -0.4 is 20.5 Å². The molecule has 0 aliphatic carbocycles. The second-order valence-electron chi connectivity index (χ2n) is 5.81. The minimum absolute atomic E-state index is 0. The highest BCUT2D eigenvalue weighted by Gasteiger charge is 2.04. The van der Waals surface area contributed by atoms with E-state index in [0.29, 0.717) is 17.9 Å². The Labute approximate surface area is 161 Å². The number of anilines is 1. The van der Waals surface area contributed by atoms with E-state index in [9.17, 15) is 4.79 Å². The van der Waals surface area contributed by atoms with E-state index in [2.05, 4.69) is 5.32 Å². The largest absolute Gasteiger partial charge is 0.497 e. The molecule has 0 saturated carbocycles. The Kier molecular flexibility index (Phi) is 10.2. The van der Waals surface area contributed by atoms with E-state index in [1.165, 1.54) is 0 Å². The zero-order chi connectivity index (χ0) is 17.9. The van der Waals surface area contributed by atoms with Gasteiger partial charge in [-0.05, 0) is 55.8 Å². The standard InChI is InChI=1S/C20H26N2O3.ClH/c1-24-18-7-6-8-19(15-18)25-17-12-10-16(11-13-17)22-20(23)9-4-2-3-5-14-21;/h6-8,10-13,15H,2-5,9,14,21H2,1H3,(H,22,23);1H. The van der Waals surface area contributed by atoms with Gasteiger partial charge in [0.1, 0.15) is 17.2 Å². The summed E-state index contributed by atoms with van der Waals surface area (Å²) in [7, 11) is 1.62. The van der Waals surface area contributed by atoms with Gasteiger partial charge in [-0.2, -0.15) is 0 Å². The predicted octanol–water partition coefficient (Wildman–Crippen LogP) is 4.76. The molecule has 2 aromatic rings. The highest BCUT2D eigenvalue weighted by molar-refractivity contribution is 5.90. The first-order valence-electron chi connectivity index (χ1n) is 8.63. The van der Waals surface area contributed by atoms with Crippen molar-refractivity contribution < 1.29 is 14.3 Å². The molecule has 0 atom stereocenters. The maximum absolute atomic E-state index is 11.9. The average molecular weight is 379 g/mol. The van der Waals surface area contributed by atoms with Gasteiger partial charge >= 0.3 is 0 Å². The summed E-state index contributed by atoms with van der Waals surface area (Å²) >= 11 is 0. The molecule has 0 heterocycles. The number of nitrogens with two attached hydrogens (primary N) is 1. The molecule has 0 saturated heterocycles. The number of amides is 1. The second kappa shape index (κ2) is 12.2. The van der Waals surface area contributed by atoms with Crippen molar-refractivity contribution in [2.75, 3.05) is 19.0 Å². The van der Waals surface area contributed by atoms with E-state index in [4.69, 9.17) is 15.2 Å². The van der Waals surface area contributed by atoms with Gasteiger partial charge in [0.05, 0.1) is 7.11 Å². The summed E-state index contributed by atoms with van der Waals surface area (Å²) < 4.78 is 11.0. The van der Waals surface area contributed by atoms with Crippen LogP contribution in [0.15, 0.2) is 48.5 Å². The second-order valence-corrected chi connectivity index (χ2v) is 5.81. The Balaban J connectivity index is 0.00000338. The molecule has 6 heteroatoms. The predicted molar refractivity (Wildman–Crippen MR) is 108 cm³/mol. The van der Waals surface area contributed by atoms with Crippen molar-refractivity contribution in [3.8, 4) is 17.2 Å². The summed E-state index contributed by atoms with van der Waals surface area (Å²) in [6.45, 7) is 0.719. The van der Waals surface area contributed by atoms with Crippen molar-refractivity contribution in [3.05, 3.63) is 48.5 Å². The molecule has 2 aromatic carbocycles. The van der Waals surface area contributed by atoms with Gasteiger partial charge in [0.25, 0.3) is 0 Å². The molecule has 0 bridgehead atoms. The average Bonchev–Trinajstić information content (AvgIpc) is 2.63. The Bertz CT molecular complexity index is 662. The van der Waals surface area contributed by atoms with Crippen molar-refractivity contribution >= 4 is 24.0 Å². The molecule has 0 aliphatic heterocycles. The van der Waals surface area contributed by atoms with E-state index >= 15 is 0 Å². The topological polar surface area (TPSA) is 73.6 Å². The van der Waals surface area contributed by atoms with Gasteiger partial charge in [-0.25, -0.2) is 0 Å². The van der Waals surface area contributed by atoms with E-state index < -0.39 is 0 Å². The third-order valence-corrected chi connectivity index (χ3v) is 3.77. The molecule has 0 radical (unpaired) electrons. The summed E-state index contributed by atoms with van der Waals surface area (Å²) in [5, 5.41) is 2.90. The first kappa shape index (κ1) is 21.8. The minimum atomic E-state index is 0. The molecule has 2 rings (SSSR count). The number of carbonyl (C=O) groups excluding carboxylic acids is 1. The number of halogens is 1. The number of methoxy groups -OCH3 is 1. The fraction of sp³-hybridized carbons (Fsp3) is 0.350. The van der Waals surface area contributed by atoms with Crippen LogP contribution in [-0.4, -0.2) is 19.6 Å². The van der Waals surface area contributed by atoms with Crippen LogP contribution in [0.3, 0.4) is 0 Å². The maximum atomic E-state index is 11.9. The van der Waals surface area contributed by atoms with Gasteiger partial charge in [0.15, 0.2) is 0 Å². The lowest BCUT2D eigenvalue weighted by atomic mass is 10.1. The molecule has 5 nitrogen and oxygen atoms in total. The third-order valence-electron chi connectivity index (χ3n) is 3.77. The molecule has 3 N–H and O–H groups in total. The molecule has 142 valence electrons.